The Morgan fingerprint density at radius 2 is 1.86 bits per heavy atom. The number of amides is 2. The number of carbonyl (C=O) groups is 2. The number of hydrogen-bond donors (Lipinski definition) is 3. The lowest BCUT2D eigenvalue weighted by Gasteiger charge is -2.22. The second-order valence-electron chi connectivity index (χ2n) is 9.08. The van der Waals surface area contributed by atoms with E-state index >= 15 is 0 Å². The molecule has 0 aliphatic carbocycles. The quantitative estimate of drug-likeness (QED) is 0.445. The first kappa shape index (κ1) is 25.4. The first-order chi connectivity index (χ1) is 17.4. The number of nitrogens with one attached hydrogen (secondary N) is 2. The van der Waals surface area contributed by atoms with Crippen LogP contribution in [0, 0.1) is 0 Å². The minimum Gasteiger partial charge on any atom is -0.384 e. The van der Waals surface area contributed by atoms with E-state index in [1.165, 1.54) is 13.5 Å². The molecule has 4 N–H and O–H groups in total. The summed E-state index contributed by atoms with van der Waals surface area (Å²) in [6.45, 7) is 7.31. The summed E-state index contributed by atoms with van der Waals surface area (Å²) in [5, 5.41) is 5.89. The summed E-state index contributed by atoms with van der Waals surface area (Å²) in [7, 11) is 1.46. The van der Waals surface area contributed by atoms with Crippen LogP contribution in [-0.2, 0) is 17.8 Å². The molecule has 0 saturated carbocycles. The van der Waals surface area contributed by atoms with Crippen LogP contribution < -0.4 is 21.8 Å². The molecule has 0 radical (unpaired) electrons. The summed E-state index contributed by atoms with van der Waals surface area (Å²) in [6, 6.07) is 11.6. The van der Waals surface area contributed by atoms with Crippen molar-refractivity contribution in [3.05, 3.63) is 57.7 Å². The lowest BCUT2D eigenvalue weighted by Crippen LogP contribution is -2.40. The average molecular weight is 491 g/mol. The summed E-state index contributed by atoms with van der Waals surface area (Å²) in [5.41, 5.74) is 8.57. The predicted molar refractivity (Wildman–Crippen MR) is 142 cm³/mol. The number of likely N-dealkylation sites (N-methyl/N-ethyl adjacent to an activating group) is 1. The van der Waals surface area contributed by atoms with Crippen molar-refractivity contribution in [2.45, 2.75) is 45.7 Å². The molecule has 4 rings (SSSR count). The van der Waals surface area contributed by atoms with Crippen molar-refractivity contribution in [3.8, 4) is 11.3 Å². The number of fused-ring (bicyclic) bond motifs is 1. The molecule has 2 amide bonds. The zero-order valence-corrected chi connectivity index (χ0v) is 21.1. The highest BCUT2D eigenvalue weighted by molar-refractivity contribution is 6.01. The topological polar surface area (TPSA) is 122 Å². The van der Waals surface area contributed by atoms with Gasteiger partial charge in [-0.2, -0.15) is 0 Å². The van der Waals surface area contributed by atoms with Crippen LogP contribution in [0.15, 0.2) is 41.2 Å². The molecular weight excluding hydrogens is 456 g/mol. The first-order valence-electron chi connectivity index (χ1n) is 12.5. The van der Waals surface area contributed by atoms with Crippen molar-refractivity contribution >= 4 is 28.7 Å². The van der Waals surface area contributed by atoms with Crippen molar-refractivity contribution in [3.63, 3.8) is 0 Å². The summed E-state index contributed by atoms with van der Waals surface area (Å²) >= 11 is 0. The molecule has 1 aliphatic heterocycles. The van der Waals surface area contributed by atoms with Gasteiger partial charge < -0.3 is 20.9 Å². The van der Waals surface area contributed by atoms with E-state index in [1.807, 2.05) is 31.2 Å². The summed E-state index contributed by atoms with van der Waals surface area (Å²) < 4.78 is 1.67. The second-order valence-corrected chi connectivity index (χ2v) is 9.08. The van der Waals surface area contributed by atoms with Crippen LogP contribution in [0.3, 0.4) is 0 Å². The fourth-order valence-electron chi connectivity index (χ4n) is 4.97. The molecular formula is C27H34N6O3. The number of rotatable bonds is 8. The molecule has 9 nitrogen and oxygen atoms in total. The van der Waals surface area contributed by atoms with Crippen molar-refractivity contribution in [1.82, 2.24) is 25.1 Å². The zero-order chi connectivity index (χ0) is 25.8. The largest absolute Gasteiger partial charge is 0.384 e. The standard InChI is InChI=1S/C27H34N6O3/c1-4-32-14-6-7-19(32)16-30-22(34)15-17-8-10-18(11-9-17)21-13-12-20-24(35)23(27(36)29-3)25(28)33(5-2)26(20)31-21/h8-13,19H,4-7,14-16,28H2,1-3H3,(H,29,36)(H,30,34). The minimum absolute atomic E-state index is 0.0175. The molecule has 1 aliphatic rings. The maximum absolute atomic E-state index is 13.0. The van der Waals surface area contributed by atoms with Gasteiger partial charge in [0.05, 0.1) is 17.5 Å². The number of anilines is 1. The highest BCUT2D eigenvalue weighted by Gasteiger charge is 2.23. The van der Waals surface area contributed by atoms with Crippen LogP contribution in [0.1, 0.15) is 42.6 Å². The van der Waals surface area contributed by atoms with Gasteiger partial charge in [0.2, 0.25) is 11.3 Å². The van der Waals surface area contributed by atoms with E-state index < -0.39 is 11.3 Å². The van der Waals surface area contributed by atoms with Crippen molar-refractivity contribution < 1.29 is 9.59 Å². The summed E-state index contributed by atoms with van der Waals surface area (Å²) in [5.74, 6) is -0.403. The maximum atomic E-state index is 13.0. The Kier molecular flexibility index (Phi) is 7.69. The SMILES string of the molecule is CCN1CCCC1CNC(=O)Cc1ccc(-c2ccc3c(=O)c(C(=O)NC)c(N)n(CC)c3n2)cc1. The van der Waals surface area contributed by atoms with Crippen LogP contribution in [0.5, 0.6) is 0 Å². The molecule has 190 valence electrons. The number of likely N-dealkylation sites (tertiary alicyclic amines) is 1. The number of carbonyl (C=O) groups excluding carboxylic acids is 2. The number of aryl methyl sites for hydroxylation is 1. The van der Waals surface area contributed by atoms with Crippen LogP contribution in [0.2, 0.25) is 0 Å². The van der Waals surface area contributed by atoms with E-state index in [2.05, 4.69) is 22.5 Å². The maximum Gasteiger partial charge on any atom is 0.258 e. The molecule has 1 fully saturated rings. The number of nitrogens with zero attached hydrogens (tertiary/aromatic N) is 3. The summed E-state index contributed by atoms with van der Waals surface area (Å²) in [6.07, 6.45) is 2.64. The third-order valence-electron chi connectivity index (χ3n) is 6.97. The van der Waals surface area contributed by atoms with Crippen LogP contribution in [0.4, 0.5) is 5.82 Å². The predicted octanol–water partition coefficient (Wildman–Crippen LogP) is 2.17. The molecule has 9 heteroatoms. The van der Waals surface area contributed by atoms with E-state index in [0.29, 0.717) is 42.3 Å². The monoisotopic (exact) mass is 490 g/mol. The van der Waals surface area contributed by atoms with Gasteiger partial charge in [0.25, 0.3) is 5.91 Å². The van der Waals surface area contributed by atoms with E-state index in [9.17, 15) is 14.4 Å². The molecule has 0 bridgehead atoms. The van der Waals surface area contributed by atoms with Gasteiger partial charge in [-0.3, -0.25) is 19.3 Å². The number of nitrogens with two attached hydrogens (primary N) is 1. The fraction of sp³-hybridized carbons (Fsp3) is 0.407. The molecule has 3 aromatic rings. The van der Waals surface area contributed by atoms with Crippen molar-refractivity contribution in [2.75, 3.05) is 32.4 Å². The Balaban J connectivity index is 1.52. The van der Waals surface area contributed by atoms with Gasteiger partial charge in [0.15, 0.2) is 0 Å². The third-order valence-corrected chi connectivity index (χ3v) is 6.97. The smallest absolute Gasteiger partial charge is 0.258 e. The van der Waals surface area contributed by atoms with Gasteiger partial charge in [-0.1, -0.05) is 31.2 Å². The lowest BCUT2D eigenvalue weighted by molar-refractivity contribution is -0.120. The zero-order valence-electron chi connectivity index (χ0n) is 21.1. The molecule has 1 saturated heterocycles. The average Bonchev–Trinajstić information content (AvgIpc) is 3.35. The first-order valence-corrected chi connectivity index (χ1v) is 12.5. The van der Waals surface area contributed by atoms with Gasteiger partial charge in [-0.15, -0.1) is 0 Å². The van der Waals surface area contributed by atoms with Crippen LogP contribution in [-0.4, -0.2) is 59.0 Å². The van der Waals surface area contributed by atoms with Gasteiger partial charge in [0.1, 0.15) is 17.0 Å². The molecule has 1 aromatic carbocycles. The van der Waals surface area contributed by atoms with E-state index in [4.69, 9.17) is 10.7 Å². The van der Waals surface area contributed by atoms with E-state index in [0.717, 1.165) is 30.6 Å². The third kappa shape index (κ3) is 4.97. The van der Waals surface area contributed by atoms with Crippen LogP contribution >= 0.6 is 0 Å². The Bertz CT molecular complexity index is 1330. The molecule has 36 heavy (non-hydrogen) atoms. The number of benzene rings is 1. The van der Waals surface area contributed by atoms with Crippen molar-refractivity contribution in [1.29, 1.82) is 0 Å². The van der Waals surface area contributed by atoms with Gasteiger partial charge in [-0.25, -0.2) is 4.98 Å². The molecule has 3 heterocycles. The Labute approximate surface area is 210 Å². The number of pyridine rings is 2. The van der Waals surface area contributed by atoms with Gasteiger partial charge in [-0.05, 0) is 50.6 Å². The second kappa shape index (κ2) is 10.9. The van der Waals surface area contributed by atoms with Gasteiger partial charge >= 0.3 is 0 Å². The summed E-state index contributed by atoms with van der Waals surface area (Å²) in [4.78, 5) is 44.8. The Morgan fingerprint density at radius 1 is 1.11 bits per heavy atom. The molecule has 0 spiro atoms. The molecule has 1 unspecified atom stereocenters. The number of nitrogen functional groups attached to an aromatic ring is 1. The lowest BCUT2D eigenvalue weighted by atomic mass is 10.0. The normalized spacial score (nSPS) is 15.8. The highest BCUT2D eigenvalue weighted by Crippen LogP contribution is 2.23. The molecule has 2 aromatic heterocycles. The minimum atomic E-state index is -0.517. The Morgan fingerprint density at radius 3 is 2.53 bits per heavy atom. The van der Waals surface area contributed by atoms with Crippen LogP contribution in [0.25, 0.3) is 22.3 Å². The number of hydrogen-bond acceptors (Lipinski definition) is 6. The van der Waals surface area contributed by atoms with Crippen molar-refractivity contribution in [2.24, 2.45) is 0 Å². The van der Waals surface area contributed by atoms with E-state index in [-0.39, 0.29) is 17.3 Å². The molecule has 1 atom stereocenters. The fourth-order valence-corrected chi connectivity index (χ4v) is 4.97. The highest BCUT2D eigenvalue weighted by atomic mass is 16.2. The van der Waals surface area contributed by atoms with E-state index in [1.54, 1.807) is 16.7 Å². The Hall–Kier alpha value is -3.72. The number of aromatic nitrogens is 2. The van der Waals surface area contributed by atoms with Gasteiger partial charge in [0, 0.05) is 31.7 Å².